The zero-order valence-electron chi connectivity index (χ0n) is 19.0. The van der Waals surface area contributed by atoms with Crippen LogP contribution < -0.4 is 16.4 Å². The maximum atomic E-state index is 13.2. The van der Waals surface area contributed by atoms with Crippen molar-refractivity contribution in [3.8, 4) is 0 Å². The van der Waals surface area contributed by atoms with E-state index in [1.807, 2.05) is 42.5 Å². The average Bonchev–Trinajstić information content (AvgIpc) is 2.89. The fourth-order valence-corrected chi connectivity index (χ4v) is 4.63. The first-order chi connectivity index (χ1) is 17.4. The second-order valence-electron chi connectivity index (χ2n) is 7.83. The van der Waals surface area contributed by atoms with E-state index in [9.17, 15) is 14.4 Å². The monoisotopic (exact) mass is 515 g/mol. The molecule has 0 aliphatic carbocycles. The Morgan fingerprint density at radius 1 is 0.722 bits per heavy atom. The summed E-state index contributed by atoms with van der Waals surface area (Å²) in [5, 5.41) is 5.71. The Bertz CT molecular complexity index is 1380. The molecular formula is C28H22ClN3O3S. The Labute approximate surface area is 217 Å². The van der Waals surface area contributed by atoms with Gasteiger partial charge in [-0.25, -0.2) is 0 Å². The molecule has 0 saturated heterocycles. The van der Waals surface area contributed by atoms with E-state index in [1.165, 1.54) is 11.8 Å². The van der Waals surface area contributed by atoms with Gasteiger partial charge in [0.05, 0.1) is 0 Å². The van der Waals surface area contributed by atoms with Crippen LogP contribution in [0.3, 0.4) is 0 Å². The number of carbonyl (C=O) groups is 3. The molecule has 3 amide bonds. The van der Waals surface area contributed by atoms with E-state index in [1.54, 1.807) is 60.7 Å². The summed E-state index contributed by atoms with van der Waals surface area (Å²) in [4.78, 5) is 37.9. The number of carbonyl (C=O) groups excluding carboxylic acids is 3. The largest absolute Gasteiger partial charge is 0.366 e. The van der Waals surface area contributed by atoms with Crippen LogP contribution in [0, 0.1) is 0 Å². The first kappa shape index (κ1) is 25.0. The summed E-state index contributed by atoms with van der Waals surface area (Å²) < 4.78 is 0. The van der Waals surface area contributed by atoms with Crippen molar-refractivity contribution < 1.29 is 14.4 Å². The molecule has 0 heterocycles. The van der Waals surface area contributed by atoms with Gasteiger partial charge in [0.1, 0.15) is 5.25 Å². The Balaban J connectivity index is 1.48. The van der Waals surface area contributed by atoms with Crippen LogP contribution in [-0.4, -0.2) is 17.7 Å². The summed E-state index contributed by atoms with van der Waals surface area (Å²) in [5.41, 5.74) is 8.14. The van der Waals surface area contributed by atoms with Crippen molar-refractivity contribution in [2.24, 2.45) is 5.73 Å². The molecule has 4 rings (SSSR count). The van der Waals surface area contributed by atoms with E-state index in [0.717, 1.165) is 10.5 Å². The number of hydrogen-bond donors (Lipinski definition) is 3. The van der Waals surface area contributed by atoms with Crippen LogP contribution in [0.4, 0.5) is 11.4 Å². The van der Waals surface area contributed by atoms with Gasteiger partial charge >= 0.3 is 0 Å². The Hall–Kier alpha value is -4.07. The van der Waals surface area contributed by atoms with Crippen LogP contribution in [0.1, 0.15) is 31.5 Å². The fraction of sp³-hybridized carbons (Fsp3) is 0.0357. The third-order valence-electron chi connectivity index (χ3n) is 5.23. The highest BCUT2D eigenvalue weighted by Gasteiger charge is 2.22. The molecular weight excluding hydrogens is 494 g/mol. The predicted molar refractivity (Wildman–Crippen MR) is 144 cm³/mol. The third-order valence-corrected chi connectivity index (χ3v) is 6.73. The van der Waals surface area contributed by atoms with Crippen molar-refractivity contribution >= 4 is 52.5 Å². The van der Waals surface area contributed by atoms with E-state index in [4.69, 9.17) is 17.3 Å². The number of rotatable bonds is 8. The molecule has 1 unspecified atom stereocenters. The average molecular weight is 516 g/mol. The van der Waals surface area contributed by atoms with E-state index in [-0.39, 0.29) is 11.8 Å². The first-order valence-corrected chi connectivity index (χ1v) is 12.2. The van der Waals surface area contributed by atoms with Gasteiger partial charge in [-0.2, -0.15) is 0 Å². The summed E-state index contributed by atoms with van der Waals surface area (Å²) in [6, 6.07) is 29.9. The van der Waals surface area contributed by atoms with Gasteiger partial charge in [-0.1, -0.05) is 48.0 Å². The molecule has 1 atom stereocenters. The van der Waals surface area contributed by atoms with Crippen LogP contribution in [0.2, 0.25) is 5.02 Å². The molecule has 0 fully saturated rings. The van der Waals surface area contributed by atoms with Crippen molar-refractivity contribution in [2.45, 2.75) is 10.1 Å². The number of amides is 3. The summed E-state index contributed by atoms with van der Waals surface area (Å²) in [6.45, 7) is 0. The molecule has 36 heavy (non-hydrogen) atoms. The van der Waals surface area contributed by atoms with Crippen molar-refractivity contribution in [3.05, 3.63) is 125 Å². The molecule has 0 radical (unpaired) electrons. The fourth-order valence-electron chi connectivity index (χ4n) is 3.41. The summed E-state index contributed by atoms with van der Waals surface area (Å²) in [6.07, 6.45) is 0. The van der Waals surface area contributed by atoms with Gasteiger partial charge < -0.3 is 16.4 Å². The van der Waals surface area contributed by atoms with E-state index < -0.39 is 11.2 Å². The summed E-state index contributed by atoms with van der Waals surface area (Å²) in [7, 11) is 0. The molecule has 0 aromatic heterocycles. The maximum absolute atomic E-state index is 13.2. The van der Waals surface area contributed by atoms with Crippen molar-refractivity contribution in [3.63, 3.8) is 0 Å². The maximum Gasteiger partial charge on any atom is 0.255 e. The van der Waals surface area contributed by atoms with Crippen LogP contribution in [-0.2, 0) is 4.79 Å². The molecule has 0 bridgehead atoms. The second-order valence-corrected chi connectivity index (χ2v) is 9.44. The SMILES string of the molecule is NC(=O)c1ccc(NC(=O)C(Sc2ccc(NC(=O)c3cccc(Cl)c3)cc2)c2ccccc2)cc1. The number of primary amides is 1. The number of nitrogens with one attached hydrogen (secondary N) is 2. The van der Waals surface area contributed by atoms with Gasteiger partial charge in [-0.3, -0.25) is 14.4 Å². The van der Waals surface area contributed by atoms with Crippen LogP contribution in [0.5, 0.6) is 0 Å². The van der Waals surface area contributed by atoms with Crippen LogP contribution >= 0.6 is 23.4 Å². The van der Waals surface area contributed by atoms with Gasteiger partial charge in [-0.05, 0) is 72.3 Å². The highest BCUT2D eigenvalue weighted by molar-refractivity contribution is 8.00. The van der Waals surface area contributed by atoms with Crippen LogP contribution in [0.15, 0.2) is 108 Å². The predicted octanol–water partition coefficient (Wildman–Crippen LogP) is 6.16. The molecule has 0 spiro atoms. The van der Waals surface area contributed by atoms with Gasteiger partial charge in [0.25, 0.3) is 5.91 Å². The molecule has 4 aromatic carbocycles. The Morgan fingerprint density at radius 2 is 1.36 bits per heavy atom. The van der Waals surface area contributed by atoms with Crippen molar-refractivity contribution in [1.29, 1.82) is 0 Å². The van der Waals surface area contributed by atoms with Gasteiger partial charge in [-0.15, -0.1) is 11.8 Å². The number of hydrogen-bond acceptors (Lipinski definition) is 4. The smallest absolute Gasteiger partial charge is 0.255 e. The van der Waals surface area contributed by atoms with Crippen molar-refractivity contribution in [1.82, 2.24) is 0 Å². The lowest BCUT2D eigenvalue weighted by Gasteiger charge is -2.17. The summed E-state index contributed by atoms with van der Waals surface area (Å²) in [5.74, 6) is -1.00. The molecule has 6 nitrogen and oxygen atoms in total. The van der Waals surface area contributed by atoms with Gasteiger partial charge in [0.15, 0.2) is 0 Å². The Morgan fingerprint density at radius 3 is 2.00 bits per heavy atom. The molecule has 4 aromatic rings. The van der Waals surface area contributed by atoms with E-state index >= 15 is 0 Å². The minimum atomic E-state index is -0.533. The zero-order chi connectivity index (χ0) is 25.5. The first-order valence-electron chi connectivity index (χ1n) is 11.0. The number of halogens is 1. The lowest BCUT2D eigenvalue weighted by Crippen LogP contribution is -2.19. The molecule has 0 saturated carbocycles. The minimum Gasteiger partial charge on any atom is -0.366 e. The zero-order valence-corrected chi connectivity index (χ0v) is 20.6. The molecule has 4 N–H and O–H groups in total. The Kier molecular flexibility index (Phi) is 8.05. The van der Waals surface area contributed by atoms with E-state index in [2.05, 4.69) is 10.6 Å². The number of thioether (sulfide) groups is 1. The third kappa shape index (κ3) is 6.53. The number of benzene rings is 4. The normalized spacial score (nSPS) is 11.4. The van der Waals surface area contributed by atoms with E-state index in [0.29, 0.717) is 27.5 Å². The minimum absolute atomic E-state index is 0.212. The lowest BCUT2D eigenvalue weighted by atomic mass is 10.1. The highest BCUT2D eigenvalue weighted by Crippen LogP contribution is 2.36. The lowest BCUT2D eigenvalue weighted by molar-refractivity contribution is -0.115. The standard InChI is InChI=1S/C28H22ClN3O3S/c29-21-8-4-7-20(17-21)27(34)31-23-13-15-24(16-14-23)36-25(18-5-2-1-3-6-18)28(35)32-22-11-9-19(10-12-22)26(30)33/h1-17,25H,(H2,30,33)(H,31,34)(H,32,35). The second kappa shape index (κ2) is 11.6. The molecule has 180 valence electrons. The molecule has 0 aliphatic heterocycles. The van der Waals surface area contributed by atoms with Gasteiger partial charge in [0.2, 0.25) is 11.8 Å². The van der Waals surface area contributed by atoms with Gasteiger partial charge in [0, 0.05) is 32.4 Å². The molecule has 8 heteroatoms. The summed E-state index contributed by atoms with van der Waals surface area (Å²) >= 11 is 7.36. The highest BCUT2D eigenvalue weighted by atomic mass is 35.5. The van der Waals surface area contributed by atoms with Crippen LogP contribution in [0.25, 0.3) is 0 Å². The molecule has 0 aliphatic rings. The topological polar surface area (TPSA) is 101 Å². The van der Waals surface area contributed by atoms with Crippen molar-refractivity contribution in [2.75, 3.05) is 10.6 Å². The quantitative estimate of drug-likeness (QED) is 0.244. The number of anilines is 2. The number of nitrogens with two attached hydrogens (primary N) is 1.